The number of carbonyl (C=O) groups is 1. The summed E-state index contributed by atoms with van der Waals surface area (Å²) in [6, 6.07) is 18.7. The second-order valence-corrected chi connectivity index (χ2v) is 12.5. The van der Waals surface area contributed by atoms with Crippen molar-refractivity contribution in [1.82, 2.24) is 14.5 Å². The predicted octanol–water partition coefficient (Wildman–Crippen LogP) is 8.14. The molecule has 0 aliphatic heterocycles. The van der Waals surface area contributed by atoms with Crippen molar-refractivity contribution in [3.63, 3.8) is 0 Å². The molecule has 0 amide bonds. The number of benzene rings is 2. The molecular weight excluding hydrogens is 446 g/mol. The van der Waals surface area contributed by atoms with E-state index < -0.39 is 11.7 Å². The van der Waals surface area contributed by atoms with E-state index >= 15 is 0 Å². The molecule has 5 heteroatoms. The number of rotatable bonds is 2. The third-order valence-electron chi connectivity index (χ3n) is 6.17. The van der Waals surface area contributed by atoms with Gasteiger partial charge in [-0.2, -0.15) is 0 Å². The Morgan fingerprint density at radius 1 is 0.694 bits per heavy atom. The van der Waals surface area contributed by atoms with Crippen molar-refractivity contribution in [2.45, 2.75) is 78.7 Å². The molecule has 0 atom stereocenters. The van der Waals surface area contributed by atoms with Gasteiger partial charge in [-0.1, -0.05) is 90.1 Å². The number of fused-ring (bicyclic) bond motifs is 1. The van der Waals surface area contributed by atoms with Gasteiger partial charge in [0, 0.05) is 22.7 Å². The van der Waals surface area contributed by atoms with Crippen LogP contribution in [0.2, 0.25) is 0 Å². The van der Waals surface area contributed by atoms with Crippen LogP contribution in [0.15, 0.2) is 60.8 Å². The minimum absolute atomic E-state index is 0.0503. The van der Waals surface area contributed by atoms with Gasteiger partial charge in [0.2, 0.25) is 0 Å². The van der Waals surface area contributed by atoms with Gasteiger partial charge in [0.05, 0.1) is 5.69 Å². The maximum atomic E-state index is 13.0. The van der Waals surface area contributed by atoms with Gasteiger partial charge in [-0.25, -0.2) is 19.3 Å². The summed E-state index contributed by atoms with van der Waals surface area (Å²) in [7, 11) is 0. The molecule has 0 saturated carbocycles. The molecule has 4 aromatic rings. The first kappa shape index (κ1) is 25.6. The fourth-order valence-electron chi connectivity index (χ4n) is 4.07. The second-order valence-electron chi connectivity index (χ2n) is 12.5. The molecular formula is C31H37N3O2. The summed E-state index contributed by atoms with van der Waals surface area (Å²) in [4.78, 5) is 22.9. The Balaban J connectivity index is 1.90. The Labute approximate surface area is 214 Å². The van der Waals surface area contributed by atoms with E-state index in [2.05, 4.69) is 90.1 Å². The fourth-order valence-corrected chi connectivity index (χ4v) is 4.07. The molecule has 0 bridgehead atoms. The van der Waals surface area contributed by atoms with E-state index in [1.54, 1.807) is 6.20 Å². The zero-order valence-corrected chi connectivity index (χ0v) is 22.9. The lowest BCUT2D eigenvalue weighted by atomic mass is 9.86. The maximum absolute atomic E-state index is 13.0. The van der Waals surface area contributed by atoms with E-state index in [1.807, 2.05) is 26.8 Å². The van der Waals surface area contributed by atoms with Crippen LogP contribution in [-0.2, 0) is 15.6 Å². The number of nitrogens with zero attached hydrogens (tertiary/aromatic N) is 3. The number of carbonyl (C=O) groups excluding carboxylic acids is 1. The van der Waals surface area contributed by atoms with Crippen LogP contribution in [-0.4, -0.2) is 26.2 Å². The van der Waals surface area contributed by atoms with Gasteiger partial charge in [0.25, 0.3) is 0 Å². The Morgan fingerprint density at radius 2 is 1.19 bits per heavy atom. The highest BCUT2D eigenvalue weighted by Gasteiger charge is 2.23. The van der Waals surface area contributed by atoms with Crippen LogP contribution in [0.3, 0.4) is 0 Å². The smallest absolute Gasteiger partial charge is 0.420 e. The standard InChI is InChI=1S/C31H37N3O2/c1-29(2,3)22-14-10-20(11-15-22)25-24-18-19-34(28(35)36-31(7,8)9)27(24)33-26(32-25)21-12-16-23(17-13-21)30(4,5)6/h10-19H,1-9H3. The van der Waals surface area contributed by atoms with Crippen molar-refractivity contribution in [1.29, 1.82) is 0 Å². The van der Waals surface area contributed by atoms with E-state index in [1.165, 1.54) is 15.7 Å². The lowest BCUT2D eigenvalue weighted by Gasteiger charge is -2.20. The summed E-state index contributed by atoms with van der Waals surface area (Å²) in [6.45, 7) is 18.7. The number of ether oxygens (including phenoxy) is 1. The fraction of sp³-hybridized carbons (Fsp3) is 0.387. The maximum Gasteiger partial charge on any atom is 0.420 e. The van der Waals surface area contributed by atoms with Crippen LogP contribution in [0.4, 0.5) is 4.79 Å². The average molecular weight is 484 g/mol. The molecule has 0 spiro atoms. The lowest BCUT2D eigenvalue weighted by molar-refractivity contribution is 0.0543. The van der Waals surface area contributed by atoms with Crippen molar-refractivity contribution >= 4 is 17.1 Å². The topological polar surface area (TPSA) is 57.0 Å². The van der Waals surface area contributed by atoms with Crippen molar-refractivity contribution in [2.24, 2.45) is 0 Å². The van der Waals surface area contributed by atoms with Crippen molar-refractivity contribution in [2.75, 3.05) is 0 Å². The molecule has 0 fully saturated rings. The van der Waals surface area contributed by atoms with Crippen molar-refractivity contribution in [3.8, 4) is 22.6 Å². The molecule has 0 unspecified atom stereocenters. The van der Waals surface area contributed by atoms with Gasteiger partial charge in [-0.15, -0.1) is 0 Å². The Hall–Kier alpha value is -3.47. The monoisotopic (exact) mass is 483 g/mol. The molecule has 5 nitrogen and oxygen atoms in total. The van der Waals surface area contributed by atoms with E-state index in [4.69, 9.17) is 14.7 Å². The molecule has 0 N–H and O–H groups in total. The number of hydrogen-bond donors (Lipinski definition) is 0. The third kappa shape index (κ3) is 5.35. The van der Waals surface area contributed by atoms with Gasteiger partial charge >= 0.3 is 6.09 Å². The quantitative estimate of drug-likeness (QED) is 0.289. The third-order valence-corrected chi connectivity index (χ3v) is 6.17. The SMILES string of the molecule is CC(C)(C)OC(=O)n1ccc2c(-c3ccc(C(C)(C)C)cc3)nc(-c3ccc(C(C)(C)C)cc3)nc21. The summed E-state index contributed by atoms with van der Waals surface area (Å²) < 4.78 is 7.13. The van der Waals surface area contributed by atoms with Gasteiger partial charge in [-0.3, -0.25) is 0 Å². The van der Waals surface area contributed by atoms with Crippen molar-refractivity contribution in [3.05, 3.63) is 71.9 Å². The van der Waals surface area contributed by atoms with E-state index in [0.29, 0.717) is 11.5 Å². The molecule has 0 radical (unpaired) electrons. The lowest BCUT2D eigenvalue weighted by Crippen LogP contribution is -2.26. The highest BCUT2D eigenvalue weighted by molar-refractivity contribution is 5.96. The van der Waals surface area contributed by atoms with Crippen LogP contribution >= 0.6 is 0 Å². The first-order chi connectivity index (χ1) is 16.6. The summed E-state index contributed by atoms with van der Waals surface area (Å²) in [6.07, 6.45) is 1.26. The zero-order valence-electron chi connectivity index (χ0n) is 22.9. The molecule has 2 heterocycles. The molecule has 188 valence electrons. The highest BCUT2D eigenvalue weighted by atomic mass is 16.6. The molecule has 0 saturated heterocycles. The molecule has 0 aliphatic carbocycles. The highest BCUT2D eigenvalue weighted by Crippen LogP contribution is 2.33. The summed E-state index contributed by atoms with van der Waals surface area (Å²) >= 11 is 0. The van der Waals surface area contributed by atoms with Gasteiger partial charge in [-0.05, 0) is 48.8 Å². The summed E-state index contributed by atoms with van der Waals surface area (Å²) in [5.74, 6) is 0.571. The zero-order chi connectivity index (χ0) is 26.5. The Bertz CT molecular complexity index is 1390. The first-order valence-electron chi connectivity index (χ1n) is 12.5. The van der Waals surface area contributed by atoms with Crippen LogP contribution in [0.1, 0.15) is 73.4 Å². The van der Waals surface area contributed by atoms with Gasteiger partial charge < -0.3 is 4.74 Å². The first-order valence-corrected chi connectivity index (χ1v) is 12.5. The second kappa shape index (κ2) is 8.88. The van der Waals surface area contributed by atoms with E-state index in [-0.39, 0.29) is 10.8 Å². The number of hydrogen-bond acceptors (Lipinski definition) is 4. The Kier molecular flexibility index (Phi) is 6.32. The summed E-state index contributed by atoms with van der Waals surface area (Å²) in [5, 5.41) is 0.805. The minimum Gasteiger partial charge on any atom is -0.443 e. The Morgan fingerprint density at radius 3 is 1.67 bits per heavy atom. The van der Waals surface area contributed by atoms with E-state index in [9.17, 15) is 4.79 Å². The minimum atomic E-state index is -0.613. The van der Waals surface area contributed by atoms with Crippen LogP contribution in [0.5, 0.6) is 0 Å². The van der Waals surface area contributed by atoms with Crippen LogP contribution in [0, 0.1) is 0 Å². The van der Waals surface area contributed by atoms with E-state index in [0.717, 1.165) is 22.2 Å². The molecule has 0 aliphatic rings. The van der Waals surface area contributed by atoms with Crippen molar-refractivity contribution < 1.29 is 9.53 Å². The van der Waals surface area contributed by atoms with Crippen LogP contribution < -0.4 is 0 Å². The molecule has 36 heavy (non-hydrogen) atoms. The largest absolute Gasteiger partial charge is 0.443 e. The summed E-state index contributed by atoms with van der Waals surface area (Å²) in [5.41, 5.74) is 5.18. The normalized spacial score (nSPS) is 12.7. The average Bonchev–Trinajstić information content (AvgIpc) is 3.20. The molecule has 4 rings (SSSR count). The molecule has 2 aromatic heterocycles. The molecule has 2 aromatic carbocycles. The van der Waals surface area contributed by atoms with Gasteiger partial charge in [0.1, 0.15) is 5.60 Å². The van der Waals surface area contributed by atoms with Gasteiger partial charge in [0.15, 0.2) is 11.5 Å². The number of aromatic nitrogens is 3. The van der Waals surface area contributed by atoms with Crippen LogP contribution in [0.25, 0.3) is 33.7 Å². The predicted molar refractivity (Wildman–Crippen MR) is 147 cm³/mol.